The van der Waals surface area contributed by atoms with E-state index in [1.807, 2.05) is 42.7 Å². The molecule has 106 valence electrons. The van der Waals surface area contributed by atoms with Crippen molar-refractivity contribution in [3.05, 3.63) is 60.0 Å². The quantitative estimate of drug-likeness (QED) is 0.793. The molecule has 0 unspecified atom stereocenters. The van der Waals surface area contributed by atoms with Crippen LogP contribution >= 0.6 is 0 Å². The molecule has 0 fully saturated rings. The van der Waals surface area contributed by atoms with E-state index in [1.54, 1.807) is 13.3 Å². The summed E-state index contributed by atoms with van der Waals surface area (Å²) in [5.74, 6) is 1.72. The lowest BCUT2D eigenvalue weighted by atomic mass is 10.1. The first kappa shape index (κ1) is 13.4. The molecule has 1 aromatic carbocycles. The largest absolute Gasteiger partial charge is 0.496 e. The number of methoxy groups -OCH3 is 1. The van der Waals surface area contributed by atoms with Crippen LogP contribution in [0, 0.1) is 6.92 Å². The average Bonchev–Trinajstić information content (AvgIpc) is 2.53. The summed E-state index contributed by atoms with van der Waals surface area (Å²) in [6.07, 6.45) is 5.48. The van der Waals surface area contributed by atoms with Crippen LogP contribution in [0.4, 0.5) is 5.82 Å². The van der Waals surface area contributed by atoms with Crippen LogP contribution in [0.25, 0.3) is 10.8 Å². The molecular weight excluding hydrogens is 262 g/mol. The number of pyridine rings is 2. The number of rotatable bonds is 4. The summed E-state index contributed by atoms with van der Waals surface area (Å²) >= 11 is 0. The van der Waals surface area contributed by atoms with Gasteiger partial charge in [-0.2, -0.15) is 0 Å². The number of anilines is 1. The fourth-order valence-corrected chi connectivity index (χ4v) is 2.38. The SMILES string of the molecule is COc1cccc2c(NCc3ccncc3C)nccc12. The van der Waals surface area contributed by atoms with Crippen molar-refractivity contribution in [2.24, 2.45) is 0 Å². The Labute approximate surface area is 123 Å². The molecule has 0 spiro atoms. The second-order valence-corrected chi connectivity index (χ2v) is 4.87. The third kappa shape index (κ3) is 2.65. The van der Waals surface area contributed by atoms with E-state index < -0.39 is 0 Å². The van der Waals surface area contributed by atoms with E-state index in [-0.39, 0.29) is 0 Å². The number of benzene rings is 1. The maximum Gasteiger partial charge on any atom is 0.134 e. The Morgan fingerprint density at radius 3 is 2.81 bits per heavy atom. The number of aromatic nitrogens is 2. The summed E-state index contributed by atoms with van der Waals surface area (Å²) in [4.78, 5) is 8.56. The third-order valence-corrected chi connectivity index (χ3v) is 3.57. The first-order valence-corrected chi connectivity index (χ1v) is 6.84. The smallest absolute Gasteiger partial charge is 0.134 e. The van der Waals surface area contributed by atoms with Gasteiger partial charge in [-0.3, -0.25) is 4.98 Å². The number of hydrogen-bond acceptors (Lipinski definition) is 4. The predicted octanol–water partition coefficient (Wildman–Crippen LogP) is 3.56. The van der Waals surface area contributed by atoms with Gasteiger partial charge in [-0.15, -0.1) is 0 Å². The minimum absolute atomic E-state index is 0.720. The van der Waals surface area contributed by atoms with E-state index in [1.165, 1.54) is 11.1 Å². The van der Waals surface area contributed by atoms with Gasteiger partial charge in [-0.1, -0.05) is 12.1 Å². The maximum absolute atomic E-state index is 5.40. The van der Waals surface area contributed by atoms with E-state index in [0.717, 1.165) is 28.9 Å². The van der Waals surface area contributed by atoms with Crippen molar-refractivity contribution >= 4 is 16.6 Å². The van der Waals surface area contributed by atoms with E-state index in [4.69, 9.17) is 4.74 Å². The van der Waals surface area contributed by atoms with Gasteiger partial charge in [0.05, 0.1) is 7.11 Å². The van der Waals surface area contributed by atoms with E-state index in [0.29, 0.717) is 0 Å². The van der Waals surface area contributed by atoms with Crippen molar-refractivity contribution in [3.8, 4) is 5.75 Å². The first-order valence-electron chi connectivity index (χ1n) is 6.84. The van der Waals surface area contributed by atoms with Gasteiger partial charge < -0.3 is 10.1 Å². The summed E-state index contributed by atoms with van der Waals surface area (Å²) in [5, 5.41) is 5.52. The highest BCUT2D eigenvalue weighted by molar-refractivity contribution is 5.95. The summed E-state index contributed by atoms with van der Waals surface area (Å²) in [5.41, 5.74) is 2.38. The van der Waals surface area contributed by atoms with Gasteiger partial charge in [-0.25, -0.2) is 4.98 Å². The monoisotopic (exact) mass is 279 g/mol. The Balaban J connectivity index is 1.93. The van der Waals surface area contributed by atoms with Gasteiger partial charge in [0.15, 0.2) is 0 Å². The first-order chi connectivity index (χ1) is 10.3. The molecular formula is C17H17N3O. The van der Waals surface area contributed by atoms with Crippen LogP contribution in [0.2, 0.25) is 0 Å². The minimum Gasteiger partial charge on any atom is -0.496 e. The van der Waals surface area contributed by atoms with Gasteiger partial charge in [0, 0.05) is 35.9 Å². The lowest BCUT2D eigenvalue weighted by Gasteiger charge is -2.11. The molecule has 0 aliphatic heterocycles. The molecule has 0 atom stereocenters. The summed E-state index contributed by atoms with van der Waals surface area (Å²) in [6.45, 7) is 2.78. The lowest BCUT2D eigenvalue weighted by Crippen LogP contribution is -2.03. The highest BCUT2D eigenvalue weighted by Crippen LogP contribution is 2.29. The molecule has 2 heterocycles. The Kier molecular flexibility index (Phi) is 3.69. The van der Waals surface area contributed by atoms with E-state index in [9.17, 15) is 0 Å². The van der Waals surface area contributed by atoms with Crippen LogP contribution in [0.3, 0.4) is 0 Å². The zero-order valence-electron chi connectivity index (χ0n) is 12.1. The Hall–Kier alpha value is -2.62. The van der Waals surface area contributed by atoms with Gasteiger partial charge in [0.2, 0.25) is 0 Å². The Morgan fingerprint density at radius 1 is 1.10 bits per heavy atom. The molecule has 0 saturated heterocycles. The normalized spacial score (nSPS) is 10.6. The number of ether oxygens (including phenoxy) is 1. The van der Waals surface area contributed by atoms with Crippen LogP contribution in [0.15, 0.2) is 48.9 Å². The molecule has 3 rings (SSSR count). The van der Waals surface area contributed by atoms with E-state index in [2.05, 4.69) is 22.2 Å². The van der Waals surface area contributed by atoms with Crippen LogP contribution in [0.1, 0.15) is 11.1 Å². The lowest BCUT2D eigenvalue weighted by molar-refractivity contribution is 0.420. The molecule has 0 aliphatic rings. The van der Waals surface area contributed by atoms with Gasteiger partial charge in [-0.05, 0) is 36.2 Å². The molecule has 0 bridgehead atoms. The number of aryl methyl sites for hydroxylation is 1. The number of hydrogen-bond donors (Lipinski definition) is 1. The second kappa shape index (κ2) is 5.79. The molecule has 3 aromatic rings. The van der Waals surface area contributed by atoms with E-state index >= 15 is 0 Å². The zero-order chi connectivity index (χ0) is 14.7. The highest BCUT2D eigenvalue weighted by Gasteiger charge is 2.06. The fourth-order valence-electron chi connectivity index (χ4n) is 2.38. The van der Waals surface area contributed by atoms with Crippen molar-refractivity contribution in [1.29, 1.82) is 0 Å². The molecule has 0 saturated carbocycles. The van der Waals surface area contributed by atoms with Gasteiger partial charge in [0.1, 0.15) is 11.6 Å². The summed E-state index contributed by atoms with van der Waals surface area (Å²) in [6, 6.07) is 9.97. The summed E-state index contributed by atoms with van der Waals surface area (Å²) in [7, 11) is 1.68. The van der Waals surface area contributed by atoms with Crippen molar-refractivity contribution in [2.45, 2.75) is 13.5 Å². The molecule has 0 amide bonds. The van der Waals surface area contributed by atoms with Gasteiger partial charge >= 0.3 is 0 Å². The minimum atomic E-state index is 0.720. The predicted molar refractivity (Wildman–Crippen MR) is 84.6 cm³/mol. The average molecular weight is 279 g/mol. The molecule has 0 radical (unpaired) electrons. The van der Waals surface area contributed by atoms with Crippen molar-refractivity contribution < 1.29 is 4.74 Å². The molecule has 4 nitrogen and oxygen atoms in total. The fraction of sp³-hybridized carbons (Fsp3) is 0.176. The topological polar surface area (TPSA) is 47.0 Å². The molecule has 2 aromatic heterocycles. The zero-order valence-corrected chi connectivity index (χ0v) is 12.1. The second-order valence-electron chi connectivity index (χ2n) is 4.87. The van der Waals surface area contributed by atoms with Crippen molar-refractivity contribution in [2.75, 3.05) is 12.4 Å². The van der Waals surface area contributed by atoms with Gasteiger partial charge in [0.25, 0.3) is 0 Å². The molecule has 0 aliphatic carbocycles. The van der Waals surface area contributed by atoms with Crippen LogP contribution in [-0.4, -0.2) is 17.1 Å². The number of nitrogens with one attached hydrogen (secondary N) is 1. The maximum atomic E-state index is 5.40. The van der Waals surface area contributed by atoms with Crippen LogP contribution < -0.4 is 10.1 Å². The number of nitrogens with zero attached hydrogens (tertiary/aromatic N) is 2. The molecule has 4 heteroatoms. The Bertz CT molecular complexity index is 771. The van der Waals surface area contributed by atoms with Crippen LogP contribution in [0.5, 0.6) is 5.75 Å². The van der Waals surface area contributed by atoms with Crippen molar-refractivity contribution in [1.82, 2.24) is 9.97 Å². The highest BCUT2D eigenvalue weighted by atomic mass is 16.5. The standard InChI is InChI=1S/C17H17N3O/c1-12-10-18-8-6-13(12)11-20-17-15-4-3-5-16(21-2)14(15)7-9-19-17/h3-10H,11H2,1-2H3,(H,19,20). The summed E-state index contributed by atoms with van der Waals surface area (Å²) < 4.78 is 5.40. The number of fused-ring (bicyclic) bond motifs is 1. The third-order valence-electron chi connectivity index (χ3n) is 3.57. The van der Waals surface area contributed by atoms with Crippen LogP contribution in [-0.2, 0) is 6.54 Å². The van der Waals surface area contributed by atoms with Crippen molar-refractivity contribution in [3.63, 3.8) is 0 Å². The molecule has 1 N–H and O–H groups in total. The molecule has 21 heavy (non-hydrogen) atoms. The Morgan fingerprint density at radius 2 is 2.00 bits per heavy atom.